The van der Waals surface area contributed by atoms with E-state index in [1.165, 1.54) is 7.05 Å². The molecule has 0 spiro atoms. The number of hydrogen-bond donors (Lipinski definition) is 3. The summed E-state index contributed by atoms with van der Waals surface area (Å²) >= 11 is 0. The van der Waals surface area contributed by atoms with Crippen molar-refractivity contribution in [2.45, 2.75) is 26.4 Å². The summed E-state index contributed by atoms with van der Waals surface area (Å²) in [5.74, 6) is -0.829. The second-order valence-electron chi connectivity index (χ2n) is 6.90. The number of aromatic nitrogens is 1. The highest BCUT2D eigenvalue weighted by atomic mass is 32.2. The number of hydrogen-bond acceptors (Lipinski definition) is 6. The fourth-order valence-corrected chi connectivity index (χ4v) is 2.98. The molecule has 2 rings (SSSR count). The number of fused-ring (bicyclic) bond motifs is 1. The molecule has 1 aromatic heterocycles. The lowest BCUT2D eigenvalue weighted by molar-refractivity contribution is 0.0589. The molecule has 142 valence electrons. The molecule has 1 heterocycles. The molecule has 0 bridgehead atoms. The van der Waals surface area contributed by atoms with Gasteiger partial charge in [0.2, 0.25) is 0 Å². The normalized spacial score (nSPS) is 12.2. The van der Waals surface area contributed by atoms with Crippen molar-refractivity contribution in [3.63, 3.8) is 0 Å². The van der Waals surface area contributed by atoms with E-state index in [9.17, 15) is 17.6 Å². The molecule has 0 unspecified atom stereocenters. The minimum atomic E-state index is -3.87. The highest BCUT2D eigenvalue weighted by molar-refractivity contribution is 8.06. The van der Waals surface area contributed by atoms with E-state index in [0.717, 1.165) is 23.3 Å². The first kappa shape index (κ1) is 19.7. The van der Waals surface area contributed by atoms with Gasteiger partial charge < -0.3 is 15.5 Å². The number of amides is 1. The second kappa shape index (κ2) is 6.27. The number of sulfone groups is 1. The minimum absolute atomic E-state index is 0.0864. The number of nitrogens with two attached hydrogens (primary N) is 1. The molecular formula is C16H21FN4O4S. The number of ether oxygens (including phenoxy) is 1. The van der Waals surface area contributed by atoms with Crippen LogP contribution in [0.1, 0.15) is 26.3 Å². The summed E-state index contributed by atoms with van der Waals surface area (Å²) in [7, 11) is -2.48. The van der Waals surface area contributed by atoms with Gasteiger partial charge in [-0.05, 0) is 32.9 Å². The summed E-state index contributed by atoms with van der Waals surface area (Å²) < 4.78 is 42.9. The quantitative estimate of drug-likeness (QED) is 0.541. The van der Waals surface area contributed by atoms with Crippen LogP contribution in [0, 0.1) is 11.2 Å². The van der Waals surface area contributed by atoms with E-state index in [2.05, 4.69) is 4.98 Å². The first-order valence-electron chi connectivity index (χ1n) is 7.58. The number of halogens is 1. The molecule has 0 saturated heterocycles. The van der Waals surface area contributed by atoms with Crippen molar-refractivity contribution in [1.29, 1.82) is 5.41 Å². The Bertz CT molecular complexity index is 1010. The summed E-state index contributed by atoms with van der Waals surface area (Å²) in [5, 5.41) is 7.20. The summed E-state index contributed by atoms with van der Waals surface area (Å²) in [5.41, 5.74) is 5.27. The number of H-pyrrole nitrogens is 1. The maximum atomic E-state index is 14.2. The first-order valence-corrected chi connectivity index (χ1v) is 9.48. The van der Waals surface area contributed by atoms with E-state index in [4.69, 9.17) is 15.9 Å². The zero-order valence-corrected chi connectivity index (χ0v) is 15.9. The molecule has 8 nitrogen and oxygen atoms in total. The number of rotatable bonds is 2. The van der Waals surface area contributed by atoms with Gasteiger partial charge in [-0.1, -0.05) is 0 Å². The van der Waals surface area contributed by atoms with Gasteiger partial charge >= 0.3 is 6.09 Å². The van der Waals surface area contributed by atoms with Crippen LogP contribution in [-0.2, 0) is 14.6 Å². The molecule has 2 aromatic rings. The lowest BCUT2D eigenvalue weighted by Crippen LogP contribution is -2.34. The third kappa shape index (κ3) is 3.79. The number of nitrogens with zero attached hydrogens (tertiary/aromatic N) is 1. The highest BCUT2D eigenvalue weighted by Crippen LogP contribution is 2.34. The average Bonchev–Trinajstić information content (AvgIpc) is 2.77. The number of anilines is 2. The van der Waals surface area contributed by atoms with Crippen molar-refractivity contribution in [2.75, 3.05) is 23.9 Å². The number of benzene rings is 1. The van der Waals surface area contributed by atoms with Crippen molar-refractivity contribution >= 4 is 43.4 Å². The predicted octanol–water partition coefficient (Wildman–Crippen LogP) is 2.63. The summed E-state index contributed by atoms with van der Waals surface area (Å²) in [6.07, 6.45) is 0.137. The highest BCUT2D eigenvalue weighted by Gasteiger charge is 2.27. The topological polar surface area (TPSA) is 129 Å². The van der Waals surface area contributed by atoms with Crippen molar-refractivity contribution in [3.8, 4) is 0 Å². The van der Waals surface area contributed by atoms with Crippen LogP contribution >= 0.6 is 0 Å². The molecule has 0 atom stereocenters. The largest absolute Gasteiger partial charge is 0.443 e. The minimum Gasteiger partial charge on any atom is -0.443 e. The number of carbonyl (C=O) groups excluding carboxylic acids is 1. The molecule has 0 saturated carbocycles. The fourth-order valence-electron chi connectivity index (χ4n) is 2.39. The Labute approximate surface area is 150 Å². The molecule has 0 aliphatic heterocycles. The van der Waals surface area contributed by atoms with Gasteiger partial charge in [-0.15, -0.1) is 0 Å². The summed E-state index contributed by atoms with van der Waals surface area (Å²) in [6, 6.07) is 2.15. The Morgan fingerprint density at radius 3 is 2.42 bits per heavy atom. The monoisotopic (exact) mass is 384 g/mol. The van der Waals surface area contributed by atoms with Gasteiger partial charge in [0.25, 0.3) is 0 Å². The lowest BCUT2D eigenvalue weighted by atomic mass is 10.1. The zero-order chi connectivity index (χ0) is 20.0. The standard InChI is InChI=1S/C16H21FN4O4S/c1-16(2,3)25-15(22)21(4)10-7-8(17)6-9-11(13(18)20-12(9)10)14(19)26(5,23)24/h6-7,19-20H,18H2,1-5H3. The Morgan fingerprint density at radius 2 is 1.92 bits per heavy atom. The van der Waals surface area contributed by atoms with Crippen LogP contribution in [-0.4, -0.2) is 43.4 Å². The summed E-state index contributed by atoms with van der Waals surface area (Å²) in [6.45, 7) is 5.08. The van der Waals surface area contributed by atoms with Gasteiger partial charge in [-0.3, -0.25) is 10.3 Å². The Kier molecular flexibility index (Phi) is 4.75. The average molecular weight is 384 g/mol. The molecule has 26 heavy (non-hydrogen) atoms. The van der Waals surface area contributed by atoms with Gasteiger partial charge in [-0.2, -0.15) is 0 Å². The fraction of sp³-hybridized carbons (Fsp3) is 0.375. The third-order valence-electron chi connectivity index (χ3n) is 3.51. The third-order valence-corrected chi connectivity index (χ3v) is 4.45. The van der Waals surface area contributed by atoms with Crippen molar-refractivity contribution in [3.05, 3.63) is 23.5 Å². The molecule has 10 heteroatoms. The van der Waals surface area contributed by atoms with E-state index >= 15 is 0 Å². The summed E-state index contributed by atoms with van der Waals surface area (Å²) in [4.78, 5) is 16.1. The Hall–Kier alpha value is -2.62. The van der Waals surface area contributed by atoms with E-state index in [1.807, 2.05) is 0 Å². The van der Waals surface area contributed by atoms with Crippen molar-refractivity contribution in [1.82, 2.24) is 4.98 Å². The number of aromatic amines is 1. The van der Waals surface area contributed by atoms with Gasteiger partial charge in [0.1, 0.15) is 17.2 Å². The van der Waals surface area contributed by atoms with Crippen molar-refractivity contribution < 1.29 is 22.3 Å². The number of carbonyl (C=O) groups is 1. The van der Waals surface area contributed by atoms with E-state index in [0.29, 0.717) is 0 Å². The van der Waals surface area contributed by atoms with Gasteiger partial charge in [0, 0.05) is 18.7 Å². The molecule has 0 aliphatic rings. The zero-order valence-electron chi connectivity index (χ0n) is 15.1. The predicted molar refractivity (Wildman–Crippen MR) is 99.0 cm³/mol. The Balaban J connectivity index is 2.67. The molecule has 0 aliphatic carbocycles. The van der Waals surface area contributed by atoms with Gasteiger partial charge in [-0.25, -0.2) is 17.6 Å². The molecule has 0 radical (unpaired) electrons. The van der Waals surface area contributed by atoms with Crippen LogP contribution in [0.3, 0.4) is 0 Å². The molecule has 4 N–H and O–H groups in total. The lowest BCUT2D eigenvalue weighted by Gasteiger charge is -2.25. The van der Waals surface area contributed by atoms with E-state index < -0.39 is 32.4 Å². The van der Waals surface area contributed by atoms with Crippen LogP contribution in [0.2, 0.25) is 0 Å². The molecule has 1 amide bonds. The van der Waals surface area contributed by atoms with Crippen LogP contribution in [0.25, 0.3) is 10.9 Å². The van der Waals surface area contributed by atoms with E-state index in [-0.39, 0.29) is 28.0 Å². The molecular weight excluding hydrogens is 363 g/mol. The maximum absolute atomic E-state index is 14.2. The smallest absolute Gasteiger partial charge is 0.414 e. The number of nitrogens with one attached hydrogen (secondary N) is 2. The van der Waals surface area contributed by atoms with Crippen LogP contribution in [0.4, 0.5) is 20.7 Å². The number of nitrogen functional groups attached to an aromatic ring is 1. The van der Waals surface area contributed by atoms with Crippen molar-refractivity contribution in [2.24, 2.45) is 0 Å². The first-order chi connectivity index (χ1) is 11.7. The van der Waals surface area contributed by atoms with Gasteiger partial charge in [0.05, 0.1) is 16.8 Å². The maximum Gasteiger partial charge on any atom is 0.414 e. The van der Waals surface area contributed by atoms with Gasteiger partial charge in [0.15, 0.2) is 14.9 Å². The second-order valence-corrected chi connectivity index (χ2v) is 8.85. The van der Waals surface area contributed by atoms with Crippen LogP contribution in [0.5, 0.6) is 0 Å². The van der Waals surface area contributed by atoms with Crippen LogP contribution in [0.15, 0.2) is 12.1 Å². The van der Waals surface area contributed by atoms with Crippen LogP contribution < -0.4 is 10.6 Å². The SMILES string of the molecule is CN(C(=O)OC(C)(C)C)c1cc(F)cc2c(C(=N)S(C)(=O)=O)c(N)[nH]c12. The molecule has 0 fully saturated rings. The van der Waals surface area contributed by atoms with E-state index in [1.54, 1.807) is 20.8 Å². The Morgan fingerprint density at radius 1 is 1.35 bits per heavy atom. The molecule has 1 aromatic carbocycles.